The molecule has 0 aromatic heterocycles. The minimum atomic E-state index is -0.628. The normalized spacial score (nSPS) is 27.4. The van der Waals surface area contributed by atoms with Crippen LogP contribution in [-0.4, -0.2) is 36.8 Å². The Morgan fingerprint density at radius 2 is 2.04 bits per heavy atom. The van der Waals surface area contributed by atoms with Gasteiger partial charge in [0.05, 0.1) is 5.92 Å². The van der Waals surface area contributed by atoms with Crippen molar-refractivity contribution in [1.82, 2.24) is 5.32 Å². The van der Waals surface area contributed by atoms with Crippen LogP contribution in [0.3, 0.4) is 0 Å². The van der Waals surface area contributed by atoms with Gasteiger partial charge in [0, 0.05) is 29.8 Å². The van der Waals surface area contributed by atoms with Crippen molar-refractivity contribution in [3.8, 4) is 0 Å². The largest absolute Gasteiger partial charge is 0.481 e. The van der Waals surface area contributed by atoms with Gasteiger partial charge in [-0.3, -0.25) is 4.79 Å². The molecule has 0 bridgehead atoms. The van der Waals surface area contributed by atoms with Crippen molar-refractivity contribution in [2.24, 2.45) is 11.8 Å². The van der Waals surface area contributed by atoms with E-state index in [0.29, 0.717) is 12.0 Å². The fourth-order valence-corrected chi connectivity index (χ4v) is 4.19. The lowest BCUT2D eigenvalue weighted by Crippen LogP contribution is -2.38. The minimum absolute atomic E-state index is 0.129. The lowest BCUT2D eigenvalue weighted by molar-refractivity contribution is -0.142. The van der Waals surface area contributed by atoms with Crippen LogP contribution in [0.4, 0.5) is 5.69 Å². The highest BCUT2D eigenvalue weighted by molar-refractivity contribution is 6.30. The molecule has 0 amide bonds. The molecule has 2 N–H and O–H groups in total. The van der Waals surface area contributed by atoms with Gasteiger partial charge >= 0.3 is 5.97 Å². The molecule has 4 nitrogen and oxygen atoms in total. The molecule has 2 aliphatic rings. The van der Waals surface area contributed by atoms with Crippen LogP contribution in [0.1, 0.15) is 37.7 Å². The van der Waals surface area contributed by atoms with Crippen molar-refractivity contribution in [2.75, 3.05) is 24.5 Å². The predicted octanol–water partition coefficient (Wildman–Crippen LogP) is 3.71. The second-order valence-electron chi connectivity index (χ2n) is 7.33. The summed E-state index contributed by atoms with van der Waals surface area (Å²) >= 11 is 6.15. The number of aliphatic carboxylic acids is 1. The molecule has 1 heterocycles. The number of anilines is 1. The van der Waals surface area contributed by atoms with E-state index < -0.39 is 5.97 Å². The van der Waals surface area contributed by atoms with Crippen molar-refractivity contribution in [3.05, 3.63) is 28.8 Å². The zero-order valence-corrected chi connectivity index (χ0v) is 15.1. The SMILES string of the molecule is Cc1ccc(Cl)cc1N1CCC(CNC2CCC(C(=O)O)CC2)C1. The van der Waals surface area contributed by atoms with Gasteiger partial charge in [-0.15, -0.1) is 0 Å². The highest BCUT2D eigenvalue weighted by atomic mass is 35.5. The lowest BCUT2D eigenvalue weighted by Gasteiger charge is -2.28. The maximum absolute atomic E-state index is 11.0. The number of hydrogen-bond acceptors (Lipinski definition) is 3. The number of nitrogens with zero attached hydrogens (tertiary/aromatic N) is 1. The first-order valence-corrected chi connectivity index (χ1v) is 9.38. The molecule has 1 unspecified atom stereocenters. The van der Waals surface area contributed by atoms with Crippen LogP contribution >= 0.6 is 11.6 Å². The van der Waals surface area contributed by atoms with E-state index in [-0.39, 0.29) is 5.92 Å². The van der Waals surface area contributed by atoms with Gasteiger partial charge in [0.1, 0.15) is 0 Å². The van der Waals surface area contributed by atoms with Gasteiger partial charge in [0.15, 0.2) is 0 Å². The molecule has 1 atom stereocenters. The van der Waals surface area contributed by atoms with E-state index in [9.17, 15) is 4.79 Å². The summed E-state index contributed by atoms with van der Waals surface area (Å²) in [7, 11) is 0. The molecule has 1 aliphatic heterocycles. The summed E-state index contributed by atoms with van der Waals surface area (Å²) in [6.07, 6.45) is 4.79. The zero-order chi connectivity index (χ0) is 17.1. The Bertz CT molecular complexity index is 585. The molecular formula is C19H27ClN2O2. The molecule has 5 heteroatoms. The van der Waals surface area contributed by atoms with Gasteiger partial charge in [-0.2, -0.15) is 0 Å². The Labute approximate surface area is 149 Å². The Morgan fingerprint density at radius 1 is 1.29 bits per heavy atom. The fourth-order valence-electron chi connectivity index (χ4n) is 4.02. The van der Waals surface area contributed by atoms with Gasteiger partial charge in [-0.25, -0.2) is 0 Å². The summed E-state index contributed by atoms with van der Waals surface area (Å²) in [6, 6.07) is 6.59. The second-order valence-corrected chi connectivity index (χ2v) is 7.76. The Balaban J connectivity index is 1.45. The van der Waals surface area contributed by atoms with Crippen LogP contribution in [0, 0.1) is 18.8 Å². The molecule has 0 radical (unpaired) electrons. The molecule has 1 saturated carbocycles. The number of carbonyl (C=O) groups is 1. The first-order valence-electron chi connectivity index (χ1n) is 9.00. The third-order valence-corrected chi connectivity index (χ3v) is 5.80. The van der Waals surface area contributed by atoms with Gasteiger partial charge in [0.25, 0.3) is 0 Å². The Hall–Kier alpha value is -1.26. The smallest absolute Gasteiger partial charge is 0.306 e. The molecule has 3 rings (SSSR count). The van der Waals surface area contributed by atoms with Crippen molar-refractivity contribution < 1.29 is 9.90 Å². The standard InChI is InChI=1S/C19H27ClN2O2/c1-13-2-5-16(20)10-18(13)22-9-8-14(12-22)11-21-17-6-3-15(4-7-17)19(23)24/h2,5,10,14-15,17,21H,3-4,6-9,11-12H2,1H3,(H,23,24). The number of carboxylic acid groups (broad SMARTS) is 1. The summed E-state index contributed by atoms with van der Waals surface area (Å²) in [5, 5.41) is 13.5. The second kappa shape index (κ2) is 7.75. The number of nitrogens with one attached hydrogen (secondary N) is 1. The lowest BCUT2D eigenvalue weighted by atomic mass is 9.86. The highest BCUT2D eigenvalue weighted by Crippen LogP contribution is 2.30. The number of hydrogen-bond donors (Lipinski definition) is 2. The highest BCUT2D eigenvalue weighted by Gasteiger charge is 2.28. The molecule has 2 fully saturated rings. The molecule has 1 saturated heterocycles. The molecule has 1 aromatic carbocycles. The number of aryl methyl sites for hydroxylation is 1. The van der Waals surface area contributed by atoms with Crippen LogP contribution < -0.4 is 10.2 Å². The zero-order valence-electron chi connectivity index (χ0n) is 14.3. The maximum Gasteiger partial charge on any atom is 0.306 e. The quantitative estimate of drug-likeness (QED) is 0.850. The molecular weight excluding hydrogens is 324 g/mol. The summed E-state index contributed by atoms with van der Waals surface area (Å²) in [5.41, 5.74) is 2.53. The number of benzene rings is 1. The number of carboxylic acids is 1. The molecule has 132 valence electrons. The van der Waals surface area contributed by atoms with Crippen LogP contribution in [0.25, 0.3) is 0 Å². The van der Waals surface area contributed by atoms with E-state index in [1.54, 1.807) is 0 Å². The molecule has 24 heavy (non-hydrogen) atoms. The predicted molar refractivity (Wildman–Crippen MR) is 97.9 cm³/mol. The minimum Gasteiger partial charge on any atom is -0.481 e. The van der Waals surface area contributed by atoms with Gasteiger partial charge < -0.3 is 15.3 Å². The average Bonchev–Trinajstić information content (AvgIpc) is 3.04. The maximum atomic E-state index is 11.0. The molecule has 0 spiro atoms. The van der Waals surface area contributed by atoms with E-state index in [2.05, 4.69) is 29.3 Å². The summed E-state index contributed by atoms with van der Waals surface area (Å²) in [5.74, 6) is -0.104. The average molecular weight is 351 g/mol. The summed E-state index contributed by atoms with van der Waals surface area (Å²) in [4.78, 5) is 13.5. The van der Waals surface area contributed by atoms with Gasteiger partial charge in [-0.1, -0.05) is 17.7 Å². The molecule has 1 aromatic rings. The summed E-state index contributed by atoms with van der Waals surface area (Å²) in [6.45, 7) is 5.31. The third-order valence-electron chi connectivity index (χ3n) is 5.57. The van der Waals surface area contributed by atoms with Gasteiger partial charge in [0.2, 0.25) is 0 Å². The van der Waals surface area contributed by atoms with E-state index >= 15 is 0 Å². The van der Waals surface area contributed by atoms with Crippen molar-refractivity contribution in [1.29, 1.82) is 0 Å². The first-order chi connectivity index (χ1) is 11.5. The topological polar surface area (TPSA) is 52.6 Å². The van der Waals surface area contributed by atoms with E-state index in [1.807, 2.05) is 6.07 Å². The first kappa shape index (κ1) is 17.6. The van der Waals surface area contributed by atoms with Crippen LogP contribution in [0.2, 0.25) is 5.02 Å². The third kappa shape index (κ3) is 4.22. The van der Waals surface area contributed by atoms with Crippen LogP contribution in [0.15, 0.2) is 18.2 Å². The Morgan fingerprint density at radius 3 is 2.75 bits per heavy atom. The monoisotopic (exact) mass is 350 g/mol. The fraction of sp³-hybridized carbons (Fsp3) is 0.632. The van der Waals surface area contributed by atoms with E-state index in [4.69, 9.17) is 16.7 Å². The molecule has 1 aliphatic carbocycles. The van der Waals surface area contributed by atoms with Crippen molar-refractivity contribution >= 4 is 23.3 Å². The van der Waals surface area contributed by atoms with Crippen LogP contribution in [0.5, 0.6) is 0 Å². The summed E-state index contributed by atoms with van der Waals surface area (Å²) < 4.78 is 0. The Kier molecular flexibility index (Phi) is 5.67. The number of rotatable bonds is 5. The van der Waals surface area contributed by atoms with Gasteiger partial charge in [-0.05, 0) is 69.2 Å². The number of halogens is 1. The van der Waals surface area contributed by atoms with Crippen LogP contribution in [-0.2, 0) is 4.79 Å². The van der Waals surface area contributed by atoms with Crippen molar-refractivity contribution in [2.45, 2.75) is 45.1 Å². The van der Waals surface area contributed by atoms with Crippen molar-refractivity contribution in [3.63, 3.8) is 0 Å². The van der Waals surface area contributed by atoms with E-state index in [0.717, 1.165) is 50.3 Å². The van der Waals surface area contributed by atoms with E-state index in [1.165, 1.54) is 17.7 Å².